The molecule has 3 aliphatic rings. The van der Waals surface area contributed by atoms with E-state index < -0.39 is 34.6 Å². The highest BCUT2D eigenvalue weighted by Crippen LogP contribution is 2.61. The molecule has 1 saturated carbocycles. The Morgan fingerprint density at radius 2 is 2.21 bits per heavy atom. The number of hydrogen-bond acceptors (Lipinski definition) is 9. The second kappa shape index (κ2) is 7.49. The van der Waals surface area contributed by atoms with E-state index in [0.717, 1.165) is 24.4 Å². The van der Waals surface area contributed by atoms with Gasteiger partial charge < -0.3 is 25.2 Å². The number of nitrogens with zero attached hydrogens (tertiary/aromatic N) is 3. The molecule has 2 bridgehead atoms. The van der Waals surface area contributed by atoms with Crippen LogP contribution in [0, 0.1) is 5.41 Å². The van der Waals surface area contributed by atoms with Crippen LogP contribution in [0.3, 0.4) is 0 Å². The molecule has 3 atom stereocenters. The van der Waals surface area contributed by atoms with Crippen molar-refractivity contribution in [2.45, 2.75) is 37.5 Å². The Kier molecular flexibility index (Phi) is 5.29. The van der Waals surface area contributed by atoms with E-state index in [1.54, 1.807) is 6.07 Å². The molecule has 0 aromatic carbocycles. The van der Waals surface area contributed by atoms with Crippen LogP contribution < -0.4 is 10.6 Å². The number of hydroxylamine groups is 2. The van der Waals surface area contributed by atoms with Gasteiger partial charge in [0.2, 0.25) is 0 Å². The minimum absolute atomic E-state index is 0.273. The third kappa shape index (κ3) is 3.98. The molecule has 1 aromatic rings. The van der Waals surface area contributed by atoms with Gasteiger partial charge in [-0.2, -0.15) is 13.5 Å². The van der Waals surface area contributed by atoms with Gasteiger partial charge in [0.05, 0.1) is 12.1 Å². The van der Waals surface area contributed by atoms with Gasteiger partial charge in [0.15, 0.2) is 5.76 Å². The standard InChI is InChI=1S/C16H25N5O7S/c1-17-4-5-18-8-12(22)13-6-10(19-27-13)11-7-16(2-3-16)14-9-20(11)15(23)21(14)28-29(24,25)26/h6,11-12,14,17-18,22H,2-5,7-9H2,1H3,(H,24,25,26)/t11-,12?,14-/m0/s1. The smallest absolute Gasteiger partial charge is 0.384 e. The fourth-order valence-electron chi connectivity index (χ4n) is 4.25. The van der Waals surface area contributed by atoms with Crippen LogP contribution in [-0.2, 0) is 14.7 Å². The molecule has 3 heterocycles. The number of nitrogens with one attached hydrogen (secondary N) is 2. The zero-order valence-electron chi connectivity index (χ0n) is 15.9. The number of fused-ring (bicyclic) bond motifs is 3. The van der Waals surface area contributed by atoms with Gasteiger partial charge in [0.25, 0.3) is 0 Å². The zero-order valence-corrected chi connectivity index (χ0v) is 16.8. The number of aliphatic hydroxyl groups excluding tert-OH is 1. The Labute approximate surface area is 168 Å². The van der Waals surface area contributed by atoms with Crippen molar-refractivity contribution >= 4 is 16.4 Å². The number of aromatic nitrogens is 1. The summed E-state index contributed by atoms with van der Waals surface area (Å²) in [6.45, 7) is 2.02. The Balaban J connectivity index is 1.49. The van der Waals surface area contributed by atoms with Gasteiger partial charge in [0.1, 0.15) is 11.8 Å². The lowest BCUT2D eigenvalue weighted by atomic mass is 9.84. The summed E-state index contributed by atoms with van der Waals surface area (Å²) in [6, 6.07) is 0.130. The fraction of sp³-hybridized carbons (Fsp3) is 0.750. The SMILES string of the molecule is CNCCNCC(O)c1cc([C@@H]2CC3(CC3)[C@@H]3CN2C(=O)N3OS(=O)(=O)O)no1. The molecule has 162 valence electrons. The van der Waals surface area contributed by atoms with Crippen LogP contribution in [0.5, 0.6) is 0 Å². The van der Waals surface area contributed by atoms with E-state index in [9.17, 15) is 18.3 Å². The van der Waals surface area contributed by atoms with Gasteiger partial charge in [-0.1, -0.05) is 5.16 Å². The first-order valence-corrected chi connectivity index (χ1v) is 10.9. The van der Waals surface area contributed by atoms with E-state index in [1.807, 2.05) is 7.05 Å². The Hall–Kier alpha value is -1.77. The van der Waals surface area contributed by atoms with Crippen LogP contribution >= 0.6 is 0 Å². The number of rotatable bonds is 9. The highest BCUT2D eigenvalue weighted by atomic mass is 32.3. The van der Waals surface area contributed by atoms with E-state index in [1.165, 1.54) is 4.90 Å². The number of aliphatic hydroxyl groups is 1. The summed E-state index contributed by atoms with van der Waals surface area (Å²) in [4.78, 5) is 14.2. The van der Waals surface area contributed by atoms with Gasteiger partial charge in [-0.05, 0) is 31.7 Å². The summed E-state index contributed by atoms with van der Waals surface area (Å²) >= 11 is 0. The molecule has 4 rings (SSSR count). The van der Waals surface area contributed by atoms with Crippen LogP contribution in [-0.4, -0.2) is 78.5 Å². The first-order valence-electron chi connectivity index (χ1n) is 9.51. The molecular formula is C16H25N5O7S. The molecule has 0 radical (unpaired) electrons. The van der Waals surface area contributed by atoms with Crippen LogP contribution in [0.1, 0.15) is 42.9 Å². The van der Waals surface area contributed by atoms with Crippen molar-refractivity contribution in [3.8, 4) is 0 Å². The summed E-state index contributed by atoms with van der Waals surface area (Å²) in [5, 5.41) is 21.2. The molecule has 1 aliphatic carbocycles. The van der Waals surface area contributed by atoms with Crippen LogP contribution in [0.15, 0.2) is 10.6 Å². The number of urea groups is 1. The lowest BCUT2D eigenvalue weighted by molar-refractivity contribution is -0.0527. The molecule has 1 spiro atoms. The number of carbonyl (C=O) groups is 1. The summed E-state index contributed by atoms with van der Waals surface area (Å²) in [6.07, 6.45) is 1.34. The molecule has 1 aromatic heterocycles. The van der Waals surface area contributed by atoms with E-state index in [4.69, 9.17) is 9.08 Å². The lowest BCUT2D eigenvalue weighted by Gasteiger charge is -2.35. The van der Waals surface area contributed by atoms with Gasteiger partial charge in [-0.3, -0.25) is 4.55 Å². The predicted molar refractivity (Wildman–Crippen MR) is 97.6 cm³/mol. The molecule has 12 nitrogen and oxygen atoms in total. The lowest BCUT2D eigenvalue weighted by Crippen LogP contribution is -2.43. The number of carbonyl (C=O) groups excluding carboxylic acids is 1. The second-order valence-electron chi connectivity index (χ2n) is 7.84. The summed E-state index contributed by atoms with van der Waals surface area (Å²) in [5.74, 6) is 0.293. The third-order valence-corrected chi connectivity index (χ3v) is 6.29. The zero-order chi connectivity index (χ0) is 20.8. The van der Waals surface area contributed by atoms with Gasteiger partial charge in [-0.25, -0.2) is 4.79 Å². The molecule has 13 heteroatoms. The van der Waals surface area contributed by atoms with E-state index >= 15 is 0 Å². The number of hydrogen-bond donors (Lipinski definition) is 4. The Morgan fingerprint density at radius 1 is 1.45 bits per heavy atom. The predicted octanol–water partition coefficient (Wildman–Crippen LogP) is -0.417. The first-order chi connectivity index (χ1) is 13.7. The number of amides is 2. The molecule has 4 N–H and O–H groups in total. The Morgan fingerprint density at radius 3 is 2.86 bits per heavy atom. The summed E-state index contributed by atoms with van der Waals surface area (Å²) in [5.41, 5.74) is 0.228. The normalized spacial score (nSPS) is 26.4. The van der Waals surface area contributed by atoms with Gasteiger partial charge >= 0.3 is 16.4 Å². The van der Waals surface area contributed by atoms with Crippen LogP contribution in [0.4, 0.5) is 4.79 Å². The van der Waals surface area contributed by atoms with Crippen molar-refractivity contribution in [2.24, 2.45) is 5.41 Å². The highest BCUT2D eigenvalue weighted by Gasteiger charge is 2.64. The largest absolute Gasteiger partial charge is 0.418 e. The average molecular weight is 431 g/mol. The molecule has 2 aliphatic heterocycles. The molecule has 29 heavy (non-hydrogen) atoms. The maximum atomic E-state index is 12.7. The summed E-state index contributed by atoms with van der Waals surface area (Å²) in [7, 11) is -2.97. The van der Waals surface area contributed by atoms with Crippen LogP contribution in [0.25, 0.3) is 0 Å². The van der Waals surface area contributed by atoms with Gasteiger partial charge in [0, 0.05) is 32.2 Å². The maximum absolute atomic E-state index is 12.7. The first kappa shape index (κ1) is 20.5. The van der Waals surface area contributed by atoms with Crippen molar-refractivity contribution in [2.75, 3.05) is 33.2 Å². The molecule has 2 amide bonds. The van der Waals surface area contributed by atoms with Crippen molar-refractivity contribution in [3.63, 3.8) is 0 Å². The number of piperidine rings is 1. The minimum atomic E-state index is -4.80. The summed E-state index contributed by atoms with van der Waals surface area (Å²) < 4.78 is 41.2. The van der Waals surface area contributed by atoms with E-state index in [2.05, 4.69) is 20.1 Å². The molecule has 2 saturated heterocycles. The second-order valence-corrected chi connectivity index (χ2v) is 8.84. The third-order valence-electron chi connectivity index (χ3n) is 5.94. The highest BCUT2D eigenvalue weighted by molar-refractivity contribution is 7.80. The van der Waals surface area contributed by atoms with Crippen molar-refractivity contribution in [3.05, 3.63) is 17.5 Å². The van der Waals surface area contributed by atoms with Crippen molar-refractivity contribution in [1.29, 1.82) is 0 Å². The topological polar surface area (TPSA) is 157 Å². The average Bonchev–Trinajstić information content (AvgIpc) is 3.14. The van der Waals surface area contributed by atoms with Gasteiger partial charge in [-0.15, -0.1) is 4.28 Å². The number of likely N-dealkylation sites (N-methyl/N-ethyl adjacent to an activating group) is 1. The quantitative estimate of drug-likeness (QED) is 0.299. The van der Waals surface area contributed by atoms with Crippen molar-refractivity contribution < 1.29 is 31.7 Å². The van der Waals surface area contributed by atoms with E-state index in [-0.39, 0.29) is 12.0 Å². The molecular weight excluding hydrogens is 406 g/mol. The fourth-order valence-corrected chi connectivity index (χ4v) is 4.62. The maximum Gasteiger partial charge on any atom is 0.418 e. The molecule has 1 unspecified atom stereocenters. The Bertz CT molecular complexity index is 871. The minimum Gasteiger partial charge on any atom is -0.384 e. The van der Waals surface area contributed by atoms with Crippen LogP contribution in [0.2, 0.25) is 0 Å². The monoisotopic (exact) mass is 431 g/mol. The van der Waals surface area contributed by atoms with Crippen molar-refractivity contribution in [1.82, 2.24) is 25.8 Å². The molecule has 3 fully saturated rings. The van der Waals surface area contributed by atoms with E-state index in [0.29, 0.717) is 31.0 Å².